The Morgan fingerprint density at radius 2 is 1.10 bits per heavy atom. The highest BCUT2D eigenvalue weighted by molar-refractivity contribution is 5.49. The van der Waals surface area contributed by atoms with E-state index in [1.165, 1.54) is 11.1 Å². The van der Waals surface area contributed by atoms with Crippen LogP contribution in [-0.4, -0.2) is 26.2 Å². The van der Waals surface area contributed by atoms with Gasteiger partial charge in [0.1, 0.15) is 11.5 Å². The van der Waals surface area contributed by atoms with E-state index in [1.54, 1.807) is 0 Å². The molecule has 3 heteroatoms. The van der Waals surface area contributed by atoms with Crippen molar-refractivity contribution in [2.24, 2.45) is 0 Å². The molecule has 20 heavy (non-hydrogen) atoms. The lowest BCUT2D eigenvalue weighted by Crippen LogP contribution is -2.39. The summed E-state index contributed by atoms with van der Waals surface area (Å²) >= 11 is 0. The zero-order valence-electron chi connectivity index (χ0n) is 11.6. The van der Waals surface area contributed by atoms with Crippen molar-refractivity contribution >= 4 is 0 Å². The number of benzene rings is 2. The Balaban J connectivity index is 0.000000170. The topological polar surface area (TPSA) is 33.3 Å². The molecule has 1 fully saturated rings. The van der Waals surface area contributed by atoms with Gasteiger partial charge in [0, 0.05) is 32.6 Å². The van der Waals surface area contributed by atoms with Gasteiger partial charge >= 0.3 is 0 Å². The van der Waals surface area contributed by atoms with Gasteiger partial charge in [0.2, 0.25) is 0 Å². The van der Waals surface area contributed by atoms with Crippen LogP contribution in [0.15, 0.2) is 48.5 Å². The van der Waals surface area contributed by atoms with Crippen LogP contribution in [-0.2, 0) is 6.42 Å². The van der Waals surface area contributed by atoms with E-state index in [0.29, 0.717) is 0 Å². The number of para-hydroxylation sites is 2. The second kappa shape index (κ2) is 6.55. The van der Waals surface area contributed by atoms with Crippen molar-refractivity contribution in [3.8, 4) is 11.5 Å². The monoisotopic (exact) mass is 268 g/mol. The van der Waals surface area contributed by atoms with Crippen molar-refractivity contribution in [1.82, 2.24) is 10.6 Å². The summed E-state index contributed by atoms with van der Waals surface area (Å²) in [6.07, 6.45) is 0.979. The third kappa shape index (κ3) is 3.18. The fourth-order valence-electron chi connectivity index (χ4n) is 2.43. The standard InChI is InChI=1S/C13H10O.C4H10N2/c1-3-7-12-10(5-1)9-11-6-2-4-8-13(11)14-12;1-2-6-4-3-5-1/h1-8H,9H2;5-6H,1-4H2. The lowest BCUT2D eigenvalue weighted by Gasteiger charge is -2.19. The molecule has 0 amide bonds. The highest BCUT2D eigenvalue weighted by Crippen LogP contribution is 2.35. The van der Waals surface area contributed by atoms with Gasteiger partial charge in [0.05, 0.1) is 0 Å². The van der Waals surface area contributed by atoms with E-state index in [4.69, 9.17) is 4.74 Å². The summed E-state index contributed by atoms with van der Waals surface area (Å²) in [7, 11) is 0. The maximum atomic E-state index is 5.78. The number of piperazine rings is 1. The maximum absolute atomic E-state index is 5.78. The van der Waals surface area contributed by atoms with Gasteiger partial charge in [-0.1, -0.05) is 36.4 Å². The number of hydrogen-bond acceptors (Lipinski definition) is 3. The highest BCUT2D eigenvalue weighted by atomic mass is 16.5. The highest BCUT2D eigenvalue weighted by Gasteiger charge is 2.14. The number of rotatable bonds is 0. The van der Waals surface area contributed by atoms with Crippen molar-refractivity contribution in [2.75, 3.05) is 26.2 Å². The van der Waals surface area contributed by atoms with Gasteiger partial charge in [-0.15, -0.1) is 0 Å². The zero-order valence-corrected chi connectivity index (χ0v) is 11.6. The molecule has 0 radical (unpaired) electrons. The minimum absolute atomic E-state index is 0.979. The van der Waals surface area contributed by atoms with Gasteiger partial charge in [0.15, 0.2) is 0 Å². The number of fused-ring (bicyclic) bond motifs is 2. The molecule has 0 spiro atoms. The molecule has 0 bridgehead atoms. The average molecular weight is 268 g/mol. The number of ether oxygens (including phenoxy) is 1. The lowest BCUT2D eigenvalue weighted by molar-refractivity contribution is 0.460. The second-order valence-electron chi connectivity index (χ2n) is 4.99. The molecule has 2 aromatic carbocycles. The average Bonchev–Trinajstić information content (AvgIpc) is 2.55. The number of nitrogens with one attached hydrogen (secondary N) is 2. The van der Waals surface area contributed by atoms with E-state index in [2.05, 4.69) is 34.9 Å². The Bertz CT molecular complexity index is 465. The molecule has 2 aliphatic heterocycles. The third-order valence-electron chi connectivity index (χ3n) is 3.50. The molecule has 0 saturated carbocycles. The molecule has 0 aromatic heterocycles. The Morgan fingerprint density at radius 3 is 1.55 bits per heavy atom. The largest absolute Gasteiger partial charge is 0.457 e. The predicted octanol–water partition coefficient (Wildman–Crippen LogP) is 2.56. The molecule has 3 nitrogen and oxygen atoms in total. The normalized spacial score (nSPS) is 16.0. The summed E-state index contributed by atoms with van der Waals surface area (Å²) in [5.41, 5.74) is 2.54. The molecule has 0 aliphatic carbocycles. The lowest BCUT2D eigenvalue weighted by atomic mass is 10.0. The summed E-state index contributed by atoms with van der Waals surface area (Å²) in [5, 5.41) is 6.44. The first-order chi connectivity index (χ1) is 9.93. The molecule has 0 unspecified atom stereocenters. The van der Waals surface area contributed by atoms with Gasteiger partial charge < -0.3 is 15.4 Å². The minimum Gasteiger partial charge on any atom is -0.457 e. The van der Waals surface area contributed by atoms with Crippen LogP contribution >= 0.6 is 0 Å². The SMILES string of the molecule is C1CNCCN1.c1ccc2c(c1)Cc1ccccc1O2. The van der Waals surface area contributed by atoms with Gasteiger partial charge in [-0.25, -0.2) is 0 Å². The van der Waals surface area contributed by atoms with Crippen molar-refractivity contribution in [1.29, 1.82) is 0 Å². The van der Waals surface area contributed by atoms with E-state index >= 15 is 0 Å². The smallest absolute Gasteiger partial charge is 0.130 e. The van der Waals surface area contributed by atoms with Crippen LogP contribution in [0.3, 0.4) is 0 Å². The van der Waals surface area contributed by atoms with E-state index in [9.17, 15) is 0 Å². The van der Waals surface area contributed by atoms with Crippen molar-refractivity contribution < 1.29 is 4.74 Å². The summed E-state index contributed by atoms with van der Waals surface area (Å²) in [6, 6.07) is 16.4. The van der Waals surface area contributed by atoms with Crippen LogP contribution in [0, 0.1) is 0 Å². The van der Waals surface area contributed by atoms with Crippen LogP contribution in [0.4, 0.5) is 0 Å². The summed E-state index contributed by atoms with van der Waals surface area (Å²) in [4.78, 5) is 0. The predicted molar refractivity (Wildman–Crippen MR) is 81.5 cm³/mol. The Kier molecular flexibility index (Phi) is 4.31. The summed E-state index contributed by atoms with van der Waals surface area (Å²) in [5.74, 6) is 1.98. The maximum Gasteiger partial charge on any atom is 0.130 e. The van der Waals surface area contributed by atoms with E-state index in [1.807, 2.05) is 24.3 Å². The van der Waals surface area contributed by atoms with E-state index in [-0.39, 0.29) is 0 Å². The molecule has 2 aliphatic rings. The Hall–Kier alpha value is -1.84. The van der Waals surface area contributed by atoms with Gasteiger partial charge in [-0.05, 0) is 23.3 Å². The van der Waals surface area contributed by atoms with Crippen LogP contribution < -0.4 is 15.4 Å². The molecule has 1 saturated heterocycles. The molecule has 4 rings (SSSR count). The molecular weight excluding hydrogens is 248 g/mol. The first-order valence-corrected chi connectivity index (χ1v) is 7.18. The molecular formula is C17H20N2O. The summed E-state index contributed by atoms with van der Waals surface area (Å²) < 4.78 is 5.78. The first-order valence-electron chi connectivity index (χ1n) is 7.18. The molecule has 2 heterocycles. The minimum atomic E-state index is 0.979. The molecule has 104 valence electrons. The summed E-state index contributed by atoms with van der Waals surface area (Å²) in [6.45, 7) is 4.56. The van der Waals surface area contributed by atoms with Crippen LogP contribution in [0.1, 0.15) is 11.1 Å². The van der Waals surface area contributed by atoms with Crippen LogP contribution in [0.25, 0.3) is 0 Å². The van der Waals surface area contributed by atoms with Gasteiger partial charge in [0.25, 0.3) is 0 Å². The van der Waals surface area contributed by atoms with E-state index in [0.717, 1.165) is 44.1 Å². The zero-order chi connectivity index (χ0) is 13.6. The first kappa shape index (κ1) is 13.2. The molecule has 0 atom stereocenters. The van der Waals surface area contributed by atoms with Crippen molar-refractivity contribution in [3.05, 3.63) is 59.7 Å². The van der Waals surface area contributed by atoms with Crippen LogP contribution in [0.5, 0.6) is 11.5 Å². The quantitative estimate of drug-likeness (QED) is 0.657. The van der Waals surface area contributed by atoms with Crippen molar-refractivity contribution in [2.45, 2.75) is 6.42 Å². The van der Waals surface area contributed by atoms with Gasteiger partial charge in [-0.2, -0.15) is 0 Å². The Morgan fingerprint density at radius 1 is 0.650 bits per heavy atom. The fraction of sp³-hybridized carbons (Fsp3) is 0.294. The number of hydrogen-bond donors (Lipinski definition) is 2. The third-order valence-corrected chi connectivity index (χ3v) is 3.50. The molecule has 2 aromatic rings. The van der Waals surface area contributed by atoms with Gasteiger partial charge in [-0.3, -0.25) is 0 Å². The fourth-order valence-corrected chi connectivity index (χ4v) is 2.43. The second-order valence-corrected chi connectivity index (χ2v) is 4.99. The van der Waals surface area contributed by atoms with E-state index < -0.39 is 0 Å². The molecule has 2 N–H and O–H groups in total. The van der Waals surface area contributed by atoms with Crippen molar-refractivity contribution in [3.63, 3.8) is 0 Å². The Labute approximate surface area is 120 Å². The van der Waals surface area contributed by atoms with Crippen LogP contribution in [0.2, 0.25) is 0 Å².